The van der Waals surface area contributed by atoms with Crippen LogP contribution in [-0.2, 0) is 7.05 Å². The van der Waals surface area contributed by atoms with Gasteiger partial charge in [-0.25, -0.2) is 9.98 Å². The lowest BCUT2D eigenvalue weighted by molar-refractivity contribution is 0.412. The molecule has 2 aromatic carbocycles. The Morgan fingerprint density at radius 2 is 2.05 bits per heavy atom. The van der Waals surface area contributed by atoms with Crippen LogP contribution in [0.15, 0.2) is 47.5 Å². The number of para-hydroxylation sites is 2. The number of phenolic OH excluding ortho intramolecular Hbond substituents is 1. The van der Waals surface area contributed by atoms with Gasteiger partial charge in [-0.05, 0) is 30.3 Å². The summed E-state index contributed by atoms with van der Waals surface area (Å²) in [5.74, 6) is 1.40. The standard InChI is InChI=1S/C16H15N3O2/c1-19-14-6-4-3-5-13(14)18-16(19)17-10-11-9-12(21-2)7-8-15(11)20/h3-10,20H,1-2H3/b17-10+. The fraction of sp³-hybridized carbons (Fsp3) is 0.125. The molecule has 5 heteroatoms. The van der Waals surface area contributed by atoms with Crippen molar-refractivity contribution < 1.29 is 9.84 Å². The van der Waals surface area contributed by atoms with Gasteiger partial charge in [0.15, 0.2) is 0 Å². The van der Waals surface area contributed by atoms with Crippen molar-refractivity contribution in [1.82, 2.24) is 9.55 Å². The molecule has 1 N–H and O–H groups in total. The number of nitrogens with zero attached hydrogens (tertiary/aromatic N) is 3. The second kappa shape index (κ2) is 5.28. The van der Waals surface area contributed by atoms with Gasteiger partial charge >= 0.3 is 0 Å². The summed E-state index contributed by atoms with van der Waals surface area (Å²) in [4.78, 5) is 8.81. The zero-order chi connectivity index (χ0) is 14.8. The Hall–Kier alpha value is -2.82. The number of aryl methyl sites for hydroxylation is 1. The minimum atomic E-state index is 0.151. The van der Waals surface area contributed by atoms with Crippen LogP contribution in [0.3, 0.4) is 0 Å². The lowest BCUT2D eigenvalue weighted by Gasteiger charge is -2.02. The maximum Gasteiger partial charge on any atom is 0.230 e. The van der Waals surface area contributed by atoms with E-state index in [9.17, 15) is 5.11 Å². The number of aliphatic imine (C=N–C) groups is 1. The minimum Gasteiger partial charge on any atom is -0.507 e. The highest BCUT2D eigenvalue weighted by molar-refractivity contribution is 5.86. The maximum absolute atomic E-state index is 9.84. The van der Waals surface area contributed by atoms with Crippen molar-refractivity contribution in [3.63, 3.8) is 0 Å². The van der Waals surface area contributed by atoms with Gasteiger partial charge < -0.3 is 14.4 Å². The molecule has 21 heavy (non-hydrogen) atoms. The molecular formula is C16H15N3O2. The number of methoxy groups -OCH3 is 1. The number of fused-ring (bicyclic) bond motifs is 1. The molecule has 0 atom stereocenters. The van der Waals surface area contributed by atoms with Gasteiger partial charge in [-0.2, -0.15) is 0 Å². The number of ether oxygens (including phenoxy) is 1. The van der Waals surface area contributed by atoms with Crippen LogP contribution in [0.2, 0.25) is 0 Å². The first-order chi connectivity index (χ1) is 10.2. The van der Waals surface area contributed by atoms with E-state index in [0.717, 1.165) is 11.0 Å². The summed E-state index contributed by atoms with van der Waals surface area (Å²) in [6.07, 6.45) is 1.58. The van der Waals surface area contributed by atoms with Gasteiger partial charge in [0.25, 0.3) is 0 Å². The first-order valence-corrected chi connectivity index (χ1v) is 6.51. The molecule has 0 aliphatic rings. The number of aromatic nitrogens is 2. The molecule has 3 aromatic rings. The lowest BCUT2D eigenvalue weighted by atomic mass is 10.2. The molecule has 0 saturated heterocycles. The van der Waals surface area contributed by atoms with E-state index in [1.165, 1.54) is 0 Å². The Bertz CT molecular complexity index is 822. The predicted octanol–water partition coefficient (Wildman–Crippen LogP) is 3.04. The molecule has 0 aliphatic heterocycles. The van der Waals surface area contributed by atoms with E-state index in [-0.39, 0.29) is 5.75 Å². The van der Waals surface area contributed by atoms with Crippen molar-refractivity contribution in [3.8, 4) is 11.5 Å². The molecule has 3 rings (SSSR count). The van der Waals surface area contributed by atoms with E-state index in [4.69, 9.17) is 4.74 Å². The van der Waals surface area contributed by atoms with Gasteiger partial charge in [-0.3, -0.25) is 0 Å². The van der Waals surface area contributed by atoms with Crippen LogP contribution in [0.25, 0.3) is 11.0 Å². The SMILES string of the molecule is COc1ccc(O)c(/C=N/c2nc3ccccc3n2C)c1. The van der Waals surface area contributed by atoms with Crippen LogP contribution in [-0.4, -0.2) is 28.0 Å². The second-order valence-corrected chi connectivity index (χ2v) is 4.64. The summed E-state index contributed by atoms with van der Waals surface area (Å²) >= 11 is 0. The highest BCUT2D eigenvalue weighted by atomic mass is 16.5. The number of rotatable bonds is 3. The predicted molar refractivity (Wildman–Crippen MR) is 82.6 cm³/mol. The van der Waals surface area contributed by atoms with Crippen molar-refractivity contribution >= 4 is 23.2 Å². The second-order valence-electron chi connectivity index (χ2n) is 4.64. The zero-order valence-corrected chi connectivity index (χ0v) is 11.8. The van der Waals surface area contributed by atoms with Gasteiger partial charge in [-0.15, -0.1) is 0 Å². The topological polar surface area (TPSA) is 59.6 Å². The number of imidazole rings is 1. The number of phenols is 1. The molecular weight excluding hydrogens is 266 g/mol. The van der Waals surface area contributed by atoms with E-state index >= 15 is 0 Å². The fourth-order valence-electron chi connectivity index (χ4n) is 2.14. The van der Waals surface area contributed by atoms with Gasteiger partial charge in [0, 0.05) is 18.8 Å². The number of hydrogen-bond donors (Lipinski definition) is 1. The van der Waals surface area contributed by atoms with Crippen molar-refractivity contribution in [3.05, 3.63) is 48.0 Å². The average molecular weight is 281 g/mol. The highest BCUT2D eigenvalue weighted by Gasteiger charge is 2.06. The normalized spacial score (nSPS) is 11.3. The Morgan fingerprint density at radius 1 is 1.24 bits per heavy atom. The molecule has 0 amide bonds. The Balaban J connectivity index is 2.00. The summed E-state index contributed by atoms with van der Waals surface area (Å²) < 4.78 is 7.05. The molecule has 106 valence electrons. The fourth-order valence-corrected chi connectivity index (χ4v) is 2.14. The molecule has 5 nitrogen and oxygen atoms in total. The summed E-state index contributed by atoms with van der Waals surface area (Å²) in [6.45, 7) is 0. The number of hydrogen-bond acceptors (Lipinski definition) is 4. The third-order valence-corrected chi connectivity index (χ3v) is 3.32. The molecule has 0 spiro atoms. The largest absolute Gasteiger partial charge is 0.507 e. The zero-order valence-electron chi connectivity index (χ0n) is 11.8. The van der Waals surface area contributed by atoms with Crippen molar-refractivity contribution in [2.75, 3.05) is 7.11 Å². The van der Waals surface area contributed by atoms with E-state index in [1.54, 1.807) is 31.5 Å². The number of aromatic hydroxyl groups is 1. The molecule has 1 heterocycles. The molecule has 0 bridgehead atoms. The first-order valence-electron chi connectivity index (χ1n) is 6.51. The Labute approximate surface area is 122 Å². The van der Waals surface area contributed by atoms with Crippen molar-refractivity contribution in [2.24, 2.45) is 12.0 Å². The molecule has 0 fully saturated rings. The van der Waals surface area contributed by atoms with Crippen LogP contribution in [0.5, 0.6) is 11.5 Å². The van der Waals surface area contributed by atoms with Gasteiger partial charge in [-0.1, -0.05) is 12.1 Å². The third kappa shape index (κ3) is 2.45. The monoisotopic (exact) mass is 281 g/mol. The smallest absolute Gasteiger partial charge is 0.230 e. The Morgan fingerprint density at radius 3 is 2.81 bits per heavy atom. The minimum absolute atomic E-state index is 0.151. The summed E-state index contributed by atoms with van der Waals surface area (Å²) in [6, 6.07) is 12.8. The van der Waals surface area contributed by atoms with Gasteiger partial charge in [0.1, 0.15) is 11.5 Å². The average Bonchev–Trinajstić information content (AvgIpc) is 2.83. The van der Waals surface area contributed by atoms with Crippen LogP contribution < -0.4 is 4.74 Å². The quantitative estimate of drug-likeness (QED) is 0.751. The molecule has 1 aromatic heterocycles. The molecule has 0 unspecified atom stereocenters. The van der Waals surface area contributed by atoms with Gasteiger partial charge in [0.05, 0.1) is 18.1 Å². The Kier molecular flexibility index (Phi) is 3.31. The maximum atomic E-state index is 9.84. The highest BCUT2D eigenvalue weighted by Crippen LogP contribution is 2.23. The van der Waals surface area contributed by atoms with Crippen LogP contribution in [0, 0.1) is 0 Å². The van der Waals surface area contributed by atoms with E-state index in [1.807, 2.05) is 35.9 Å². The van der Waals surface area contributed by atoms with Crippen LogP contribution in [0.4, 0.5) is 5.95 Å². The third-order valence-electron chi connectivity index (χ3n) is 3.32. The number of benzene rings is 2. The van der Waals surface area contributed by atoms with Crippen LogP contribution in [0.1, 0.15) is 5.56 Å². The summed E-state index contributed by atoms with van der Waals surface area (Å²) in [5, 5.41) is 9.84. The van der Waals surface area contributed by atoms with E-state index < -0.39 is 0 Å². The first kappa shape index (κ1) is 13.2. The van der Waals surface area contributed by atoms with Crippen molar-refractivity contribution in [2.45, 2.75) is 0 Å². The summed E-state index contributed by atoms with van der Waals surface area (Å²) in [5.41, 5.74) is 2.49. The van der Waals surface area contributed by atoms with E-state index in [0.29, 0.717) is 17.3 Å². The summed E-state index contributed by atoms with van der Waals surface area (Å²) in [7, 11) is 3.49. The van der Waals surface area contributed by atoms with Crippen molar-refractivity contribution in [1.29, 1.82) is 0 Å². The molecule has 0 radical (unpaired) electrons. The van der Waals surface area contributed by atoms with Gasteiger partial charge in [0.2, 0.25) is 5.95 Å². The molecule has 0 aliphatic carbocycles. The molecule has 0 saturated carbocycles. The lowest BCUT2D eigenvalue weighted by Crippen LogP contribution is -1.89. The van der Waals surface area contributed by atoms with E-state index in [2.05, 4.69) is 9.98 Å². The van der Waals surface area contributed by atoms with Crippen LogP contribution >= 0.6 is 0 Å².